The monoisotopic (exact) mass is 381 g/mol. The topological polar surface area (TPSA) is 21.3 Å². The molecule has 29 heavy (non-hydrogen) atoms. The minimum Gasteiger partial charge on any atom is -0.493 e. The summed E-state index contributed by atoms with van der Waals surface area (Å²) in [4.78, 5) is 0. The zero-order valence-electron chi connectivity index (χ0n) is 16.8. The van der Waals surface area contributed by atoms with Gasteiger partial charge >= 0.3 is 0 Å². The molecule has 3 unspecified atom stereocenters. The minimum absolute atomic E-state index is 0.355. The van der Waals surface area contributed by atoms with Crippen LogP contribution in [0.25, 0.3) is 0 Å². The molecule has 0 spiro atoms. The van der Waals surface area contributed by atoms with Crippen LogP contribution in [0.5, 0.6) is 5.75 Å². The molecule has 3 atom stereocenters. The maximum Gasteiger partial charge on any atom is 0.119 e. The third kappa shape index (κ3) is 3.55. The number of benzene rings is 3. The molecule has 5 rings (SSSR count). The van der Waals surface area contributed by atoms with Gasteiger partial charge in [-0.2, -0.15) is 0 Å². The quantitative estimate of drug-likeness (QED) is 0.513. The molecule has 0 saturated heterocycles. The Bertz CT molecular complexity index is 1020. The fourth-order valence-corrected chi connectivity index (χ4v) is 4.84. The fourth-order valence-electron chi connectivity index (χ4n) is 4.84. The molecule has 0 fully saturated rings. The van der Waals surface area contributed by atoms with Crippen LogP contribution in [-0.2, 0) is 6.42 Å². The third-order valence-corrected chi connectivity index (χ3v) is 6.36. The molecule has 0 bridgehead atoms. The van der Waals surface area contributed by atoms with E-state index >= 15 is 0 Å². The molecule has 146 valence electrons. The Labute approximate surface area is 173 Å². The molecule has 0 aromatic heterocycles. The lowest BCUT2D eigenvalue weighted by Crippen LogP contribution is -2.29. The van der Waals surface area contributed by atoms with Gasteiger partial charge in [0.2, 0.25) is 0 Å². The SMILES string of the molecule is Cc1ccccc1C1Nc2ccc(OCCc3ccccc3)cc2C2C=CCC21. The van der Waals surface area contributed by atoms with Crippen LogP contribution < -0.4 is 10.1 Å². The van der Waals surface area contributed by atoms with Crippen molar-refractivity contribution in [3.8, 4) is 5.75 Å². The molecule has 3 aromatic carbocycles. The van der Waals surface area contributed by atoms with Crippen molar-refractivity contribution in [2.45, 2.75) is 31.7 Å². The van der Waals surface area contributed by atoms with Crippen molar-refractivity contribution >= 4 is 5.69 Å². The molecule has 0 radical (unpaired) electrons. The average molecular weight is 382 g/mol. The first-order chi connectivity index (χ1) is 14.3. The normalized spacial score (nSPS) is 21.9. The molecule has 1 N–H and O–H groups in total. The lowest BCUT2D eigenvalue weighted by molar-refractivity contribution is 0.320. The number of hydrogen-bond acceptors (Lipinski definition) is 2. The molecule has 2 heteroatoms. The van der Waals surface area contributed by atoms with Crippen LogP contribution in [0.2, 0.25) is 0 Å². The van der Waals surface area contributed by atoms with E-state index in [4.69, 9.17) is 4.74 Å². The number of ether oxygens (including phenoxy) is 1. The van der Waals surface area contributed by atoms with Crippen LogP contribution in [0.15, 0.2) is 84.9 Å². The Balaban J connectivity index is 1.36. The first-order valence-corrected chi connectivity index (χ1v) is 10.6. The second-order valence-corrected chi connectivity index (χ2v) is 8.17. The summed E-state index contributed by atoms with van der Waals surface area (Å²) in [6.45, 7) is 2.92. The number of rotatable bonds is 5. The van der Waals surface area contributed by atoms with Crippen LogP contribution in [0.4, 0.5) is 5.69 Å². The van der Waals surface area contributed by atoms with E-state index in [1.807, 2.05) is 0 Å². The number of fused-ring (bicyclic) bond motifs is 3. The van der Waals surface area contributed by atoms with E-state index in [1.54, 1.807) is 0 Å². The van der Waals surface area contributed by atoms with Gasteiger partial charge in [0.25, 0.3) is 0 Å². The first-order valence-electron chi connectivity index (χ1n) is 10.6. The van der Waals surface area contributed by atoms with Crippen molar-refractivity contribution in [1.29, 1.82) is 0 Å². The molecule has 1 aliphatic carbocycles. The largest absolute Gasteiger partial charge is 0.493 e. The summed E-state index contributed by atoms with van der Waals surface area (Å²) in [7, 11) is 0. The second kappa shape index (κ2) is 7.79. The first kappa shape index (κ1) is 18.1. The van der Waals surface area contributed by atoms with Crippen molar-refractivity contribution in [3.63, 3.8) is 0 Å². The second-order valence-electron chi connectivity index (χ2n) is 8.17. The van der Waals surface area contributed by atoms with E-state index in [1.165, 1.54) is 27.9 Å². The molecular weight excluding hydrogens is 354 g/mol. The highest BCUT2D eigenvalue weighted by Gasteiger charge is 2.38. The van der Waals surface area contributed by atoms with Gasteiger partial charge in [-0.25, -0.2) is 0 Å². The number of hydrogen-bond donors (Lipinski definition) is 1. The maximum atomic E-state index is 6.10. The molecule has 2 aliphatic rings. The van der Waals surface area contributed by atoms with E-state index in [9.17, 15) is 0 Å². The van der Waals surface area contributed by atoms with Gasteiger partial charge in [-0.05, 0) is 59.7 Å². The van der Waals surface area contributed by atoms with Gasteiger partial charge in [0.05, 0.1) is 12.6 Å². The van der Waals surface area contributed by atoms with Crippen molar-refractivity contribution < 1.29 is 4.74 Å². The molecule has 2 nitrogen and oxygen atoms in total. The van der Waals surface area contributed by atoms with Gasteiger partial charge in [-0.15, -0.1) is 0 Å². The Morgan fingerprint density at radius 3 is 2.62 bits per heavy atom. The van der Waals surface area contributed by atoms with Gasteiger partial charge in [-0.1, -0.05) is 66.7 Å². The Morgan fingerprint density at radius 1 is 0.931 bits per heavy atom. The zero-order valence-corrected chi connectivity index (χ0v) is 16.8. The Hall–Kier alpha value is -3.00. The fraction of sp³-hybridized carbons (Fsp3) is 0.259. The average Bonchev–Trinajstić information content (AvgIpc) is 3.25. The van der Waals surface area contributed by atoms with Crippen LogP contribution in [0.3, 0.4) is 0 Å². The number of nitrogens with one attached hydrogen (secondary N) is 1. The Morgan fingerprint density at radius 2 is 1.76 bits per heavy atom. The van der Waals surface area contributed by atoms with Crippen LogP contribution in [0, 0.1) is 12.8 Å². The van der Waals surface area contributed by atoms with Crippen LogP contribution >= 0.6 is 0 Å². The van der Waals surface area contributed by atoms with E-state index in [-0.39, 0.29) is 0 Å². The minimum atomic E-state index is 0.355. The van der Waals surface area contributed by atoms with Crippen LogP contribution in [0.1, 0.15) is 40.6 Å². The predicted octanol–water partition coefficient (Wildman–Crippen LogP) is 6.44. The molecule has 3 aromatic rings. The number of allylic oxidation sites excluding steroid dienone is 2. The summed E-state index contributed by atoms with van der Waals surface area (Å²) in [5.74, 6) is 1.98. The standard InChI is InChI=1S/C27H27NO/c1-19-8-5-6-11-22(19)27-24-13-7-12-23(24)25-18-21(14-15-26(25)28-27)29-17-16-20-9-3-2-4-10-20/h2-12,14-15,18,23-24,27-28H,13,16-17H2,1H3. The van der Waals surface area contributed by atoms with Gasteiger partial charge in [0.1, 0.15) is 5.75 Å². The van der Waals surface area contributed by atoms with Gasteiger partial charge in [0, 0.05) is 18.0 Å². The number of anilines is 1. The predicted molar refractivity (Wildman–Crippen MR) is 120 cm³/mol. The smallest absolute Gasteiger partial charge is 0.119 e. The summed E-state index contributed by atoms with van der Waals surface area (Å²) >= 11 is 0. The summed E-state index contributed by atoms with van der Waals surface area (Å²) in [5.41, 5.74) is 6.69. The molecular formula is C27H27NO. The van der Waals surface area contributed by atoms with Gasteiger partial charge < -0.3 is 10.1 Å². The molecule has 1 heterocycles. The van der Waals surface area contributed by atoms with E-state index in [0.717, 1.165) is 18.6 Å². The highest BCUT2D eigenvalue weighted by atomic mass is 16.5. The summed E-state index contributed by atoms with van der Waals surface area (Å²) in [6, 6.07) is 26.2. The molecule has 1 aliphatic heterocycles. The lowest BCUT2D eigenvalue weighted by Gasteiger charge is -2.38. The summed E-state index contributed by atoms with van der Waals surface area (Å²) in [5, 5.41) is 3.84. The van der Waals surface area contributed by atoms with E-state index in [0.29, 0.717) is 24.5 Å². The van der Waals surface area contributed by atoms with Crippen molar-refractivity contribution in [2.24, 2.45) is 5.92 Å². The van der Waals surface area contributed by atoms with Crippen molar-refractivity contribution in [1.82, 2.24) is 0 Å². The zero-order chi connectivity index (χ0) is 19.6. The van der Waals surface area contributed by atoms with Gasteiger partial charge in [-0.3, -0.25) is 0 Å². The van der Waals surface area contributed by atoms with Crippen LogP contribution in [-0.4, -0.2) is 6.61 Å². The molecule has 0 saturated carbocycles. The summed E-state index contributed by atoms with van der Waals surface area (Å²) in [6.07, 6.45) is 6.79. The maximum absolute atomic E-state index is 6.10. The third-order valence-electron chi connectivity index (χ3n) is 6.36. The highest BCUT2D eigenvalue weighted by molar-refractivity contribution is 5.62. The van der Waals surface area contributed by atoms with E-state index in [2.05, 4.69) is 97.2 Å². The number of aryl methyl sites for hydroxylation is 1. The van der Waals surface area contributed by atoms with E-state index < -0.39 is 0 Å². The lowest BCUT2D eigenvalue weighted by atomic mass is 9.76. The molecule has 0 amide bonds. The highest BCUT2D eigenvalue weighted by Crippen LogP contribution is 2.50. The van der Waals surface area contributed by atoms with Crippen molar-refractivity contribution in [3.05, 3.63) is 107 Å². The summed E-state index contributed by atoms with van der Waals surface area (Å²) < 4.78 is 6.10. The van der Waals surface area contributed by atoms with Gasteiger partial charge in [0.15, 0.2) is 0 Å². The van der Waals surface area contributed by atoms with Crippen molar-refractivity contribution in [2.75, 3.05) is 11.9 Å². The Kier molecular flexibility index (Phi) is 4.85.